The molecule has 1 aliphatic heterocycles. The van der Waals surface area contributed by atoms with Crippen LogP contribution in [0.25, 0.3) is 0 Å². The minimum atomic E-state index is 0.526. The number of aromatic amines is 2. The molecule has 3 aromatic heterocycles. The molecule has 0 aliphatic carbocycles. The maximum absolute atomic E-state index is 5.97. The smallest absolute Gasteiger partial charge is 0.121 e. The van der Waals surface area contributed by atoms with Gasteiger partial charge in [-0.3, -0.25) is 10.00 Å². The number of halogens is 1. The van der Waals surface area contributed by atoms with E-state index in [0.29, 0.717) is 5.92 Å². The molecule has 0 saturated carbocycles. The number of rotatable bonds is 6. The maximum atomic E-state index is 5.97. The van der Waals surface area contributed by atoms with E-state index in [1.54, 1.807) is 17.7 Å². The molecule has 0 aromatic carbocycles. The lowest BCUT2D eigenvalue weighted by molar-refractivity contribution is 0.201. The summed E-state index contributed by atoms with van der Waals surface area (Å²) < 4.78 is 0.823. The third-order valence-corrected chi connectivity index (χ3v) is 5.86. The maximum Gasteiger partial charge on any atom is 0.121 e. The molecule has 4 rings (SSSR count). The van der Waals surface area contributed by atoms with E-state index < -0.39 is 0 Å². The van der Waals surface area contributed by atoms with Gasteiger partial charge < -0.3 is 10.3 Å². The highest BCUT2D eigenvalue weighted by Gasteiger charge is 2.23. The van der Waals surface area contributed by atoms with E-state index in [-0.39, 0.29) is 0 Å². The number of piperidine rings is 1. The van der Waals surface area contributed by atoms with Crippen molar-refractivity contribution in [3.8, 4) is 0 Å². The van der Waals surface area contributed by atoms with Gasteiger partial charge in [-0.2, -0.15) is 5.10 Å². The number of nitrogens with one attached hydrogen (secondary N) is 3. The van der Waals surface area contributed by atoms with Gasteiger partial charge in [0.05, 0.1) is 28.6 Å². The normalized spacial score (nSPS) is 16.4. The predicted octanol–water partition coefficient (Wildman–Crippen LogP) is 3.84. The Morgan fingerprint density at radius 3 is 2.92 bits per heavy atom. The van der Waals surface area contributed by atoms with Crippen LogP contribution >= 0.6 is 22.9 Å². The second kappa shape index (κ2) is 7.59. The summed E-state index contributed by atoms with van der Waals surface area (Å²) in [6, 6.07) is 6.12. The molecule has 3 N–H and O–H groups in total. The Hall–Kier alpha value is -1.83. The van der Waals surface area contributed by atoms with Gasteiger partial charge >= 0.3 is 0 Å². The van der Waals surface area contributed by atoms with Crippen LogP contribution in [0.2, 0.25) is 4.34 Å². The molecular weight excluding hydrogens is 356 g/mol. The molecule has 1 aliphatic rings. The van der Waals surface area contributed by atoms with Gasteiger partial charge in [-0.05, 0) is 38.1 Å². The Morgan fingerprint density at radius 1 is 1.32 bits per heavy atom. The molecule has 6 nitrogen and oxygen atoms in total. The molecule has 1 fully saturated rings. The average Bonchev–Trinajstić information content (AvgIpc) is 3.36. The van der Waals surface area contributed by atoms with Crippen LogP contribution in [-0.4, -0.2) is 38.2 Å². The van der Waals surface area contributed by atoms with Crippen LogP contribution in [0.3, 0.4) is 0 Å². The van der Waals surface area contributed by atoms with Crippen LogP contribution in [0.15, 0.2) is 30.7 Å². The minimum absolute atomic E-state index is 0.526. The first-order valence-electron chi connectivity index (χ1n) is 8.49. The molecular formula is C17H21ClN6S. The van der Waals surface area contributed by atoms with Crippen molar-refractivity contribution in [2.24, 2.45) is 0 Å². The first-order chi connectivity index (χ1) is 12.3. The molecule has 4 heterocycles. The summed E-state index contributed by atoms with van der Waals surface area (Å²) in [7, 11) is 0. The van der Waals surface area contributed by atoms with Crippen LogP contribution in [-0.2, 0) is 13.1 Å². The van der Waals surface area contributed by atoms with Crippen molar-refractivity contribution in [1.82, 2.24) is 25.1 Å². The van der Waals surface area contributed by atoms with E-state index in [2.05, 4.69) is 36.4 Å². The summed E-state index contributed by atoms with van der Waals surface area (Å²) in [5, 5.41) is 11.0. The largest absolute Gasteiger partial charge is 0.366 e. The Morgan fingerprint density at radius 2 is 2.20 bits per heavy atom. The van der Waals surface area contributed by atoms with Crippen molar-refractivity contribution in [3.05, 3.63) is 51.3 Å². The molecule has 0 amide bonds. The second-order valence-electron chi connectivity index (χ2n) is 6.38. The summed E-state index contributed by atoms with van der Waals surface area (Å²) in [4.78, 5) is 11.0. The molecule has 1 saturated heterocycles. The Kier molecular flexibility index (Phi) is 5.05. The van der Waals surface area contributed by atoms with Gasteiger partial charge in [-0.25, -0.2) is 4.98 Å². The molecule has 3 aromatic rings. The second-order valence-corrected chi connectivity index (χ2v) is 8.18. The number of thiophene rings is 1. The van der Waals surface area contributed by atoms with Gasteiger partial charge in [0.2, 0.25) is 0 Å². The van der Waals surface area contributed by atoms with E-state index in [1.165, 1.54) is 4.88 Å². The first-order valence-corrected chi connectivity index (χ1v) is 9.69. The average molecular weight is 377 g/mol. The van der Waals surface area contributed by atoms with E-state index in [4.69, 9.17) is 11.6 Å². The fourth-order valence-corrected chi connectivity index (χ4v) is 4.29. The first kappa shape index (κ1) is 16.6. The molecule has 132 valence electrons. The highest BCUT2D eigenvalue weighted by atomic mass is 35.5. The molecule has 25 heavy (non-hydrogen) atoms. The number of nitrogens with zero attached hydrogens (tertiary/aromatic N) is 3. The lowest BCUT2D eigenvalue weighted by Gasteiger charge is -2.30. The minimum Gasteiger partial charge on any atom is -0.366 e. The molecule has 0 bridgehead atoms. The van der Waals surface area contributed by atoms with E-state index in [1.807, 2.05) is 18.3 Å². The van der Waals surface area contributed by atoms with Crippen LogP contribution in [0.1, 0.15) is 35.0 Å². The van der Waals surface area contributed by atoms with Gasteiger partial charge in [0.25, 0.3) is 0 Å². The molecule has 0 atom stereocenters. The Bertz CT molecular complexity index is 788. The van der Waals surface area contributed by atoms with Crippen LogP contribution in [0.4, 0.5) is 5.82 Å². The number of imidazole rings is 1. The van der Waals surface area contributed by atoms with Crippen molar-refractivity contribution < 1.29 is 0 Å². The highest BCUT2D eigenvalue weighted by molar-refractivity contribution is 7.16. The summed E-state index contributed by atoms with van der Waals surface area (Å²) in [5.41, 5.74) is 2.27. The third-order valence-electron chi connectivity index (χ3n) is 4.63. The summed E-state index contributed by atoms with van der Waals surface area (Å²) in [5.74, 6) is 1.50. The number of hydrogen-bond donors (Lipinski definition) is 3. The SMILES string of the molecule is Clc1ccc(CNc2cc(C3CCN(Cc4c[nH]cn4)CC3)n[nH]2)s1. The molecule has 0 unspecified atom stereocenters. The van der Waals surface area contributed by atoms with E-state index >= 15 is 0 Å². The van der Waals surface area contributed by atoms with Gasteiger partial charge in [0, 0.05) is 29.6 Å². The van der Waals surface area contributed by atoms with Gasteiger partial charge in [-0.1, -0.05) is 11.6 Å². The zero-order valence-corrected chi connectivity index (χ0v) is 15.4. The van der Waals surface area contributed by atoms with Crippen LogP contribution in [0.5, 0.6) is 0 Å². The summed E-state index contributed by atoms with van der Waals surface area (Å²) in [6.07, 6.45) is 5.98. The van der Waals surface area contributed by atoms with Crippen molar-refractivity contribution in [2.45, 2.75) is 31.8 Å². The highest BCUT2D eigenvalue weighted by Crippen LogP contribution is 2.29. The standard InChI is InChI=1S/C17H21ClN6S/c18-16-2-1-14(25-16)9-20-17-7-15(22-23-17)12-3-5-24(6-4-12)10-13-8-19-11-21-13/h1-2,7-8,11-12H,3-6,9-10H2,(H,19,21)(H2,20,22,23). The van der Waals surface area contributed by atoms with Gasteiger partial charge in [0.1, 0.15) is 5.82 Å². The van der Waals surface area contributed by atoms with Crippen molar-refractivity contribution >= 4 is 28.8 Å². The molecule has 0 radical (unpaired) electrons. The van der Waals surface area contributed by atoms with E-state index in [9.17, 15) is 0 Å². The van der Waals surface area contributed by atoms with Crippen molar-refractivity contribution in [1.29, 1.82) is 0 Å². The fourth-order valence-electron chi connectivity index (χ4n) is 3.26. The Balaban J connectivity index is 1.27. The quantitative estimate of drug-likeness (QED) is 0.611. The lowest BCUT2D eigenvalue weighted by atomic mass is 9.93. The summed E-state index contributed by atoms with van der Waals surface area (Å²) in [6.45, 7) is 3.86. The zero-order chi connectivity index (χ0) is 17.1. The van der Waals surface area contributed by atoms with Crippen LogP contribution < -0.4 is 5.32 Å². The third kappa shape index (κ3) is 4.23. The van der Waals surface area contributed by atoms with Crippen LogP contribution in [0, 0.1) is 0 Å². The number of H-pyrrole nitrogens is 2. The lowest BCUT2D eigenvalue weighted by Crippen LogP contribution is -2.32. The monoisotopic (exact) mass is 376 g/mol. The number of anilines is 1. The predicted molar refractivity (Wildman–Crippen MR) is 101 cm³/mol. The number of hydrogen-bond acceptors (Lipinski definition) is 5. The zero-order valence-electron chi connectivity index (χ0n) is 13.8. The number of aromatic nitrogens is 4. The topological polar surface area (TPSA) is 72.6 Å². The van der Waals surface area contributed by atoms with Crippen molar-refractivity contribution in [2.75, 3.05) is 18.4 Å². The van der Waals surface area contributed by atoms with Gasteiger partial charge in [-0.15, -0.1) is 11.3 Å². The number of likely N-dealkylation sites (tertiary alicyclic amines) is 1. The Labute approximate surface area is 155 Å². The molecule has 8 heteroatoms. The van der Waals surface area contributed by atoms with Crippen molar-refractivity contribution in [3.63, 3.8) is 0 Å². The van der Waals surface area contributed by atoms with E-state index in [0.717, 1.165) is 60.6 Å². The molecule has 0 spiro atoms. The fraction of sp³-hybridized carbons (Fsp3) is 0.412. The van der Waals surface area contributed by atoms with Gasteiger partial charge in [0.15, 0.2) is 0 Å². The summed E-state index contributed by atoms with van der Waals surface area (Å²) >= 11 is 7.56.